The first-order valence-electron chi connectivity index (χ1n) is 5.53. The summed E-state index contributed by atoms with van der Waals surface area (Å²) in [6.45, 7) is 5.21. The molecule has 6 heteroatoms. The number of rotatable bonds is 4. The number of carbonyl (C=O) groups is 2. The first-order valence-corrected chi connectivity index (χ1v) is 5.53. The minimum absolute atomic E-state index is 0.130. The van der Waals surface area contributed by atoms with E-state index in [1.807, 2.05) is 6.92 Å². The van der Waals surface area contributed by atoms with E-state index in [2.05, 4.69) is 10.2 Å². The van der Waals surface area contributed by atoms with Crippen LogP contribution in [-0.2, 0) is 4.79 Å². The Hall–Kier alpha value is -1.98. The van der Waals surface area contributed by atoms with Crippen molar-refractivity contribution >= 4 is 11.9 Å². The Kier molecular flexibility index (Phi) is 4.00. The number of nitrogens with zero attached hydrogens (tertiary/aromatic N) is 3. The fraction of sp³-hybridized carbons (Fsp3) is 0.500. The Morgan fingerprint density at radius 3 is 2.56 bits per heavy atom. The summed E-state index contributed by atoms with van der Waals surface area (Å²) in [7, 11) is 1.56. The van der Waals surface area contributed by atoms with Gasteiger partial charge < -0.3 is 10.0 Å². The smallest absolute Gasteiger partial charge is 0.305 e. The van der Waals surface area contributed by atoms with Crippen molar-refractivity contribution in [2.45, 2.75) is 32.7 Å². The summed E-state index contributed by atoms with van der Waals surface area (Å²) < 4.78 is 0. The van der Waals surface area contributed by atoms with E-state index in [1.165, 1.54) is 4.90 Å². The molecule has 0 atom stereocenters. The molecule has 6 nitrogen and oxygen atoms in total. The predicted molar refractivity (Wildman–Crippen MR) is 65.2 cm³/mol. The van der Waals surface area contributed by atoms with Gasteiger partial charge in [-0.2, -0.15) is 5.10 Å². The quantitative estimate of drug-likeness (QED) is 0.866. The van der Waals surface area contributed by atoms with E-state index in [0.717, 1.165) is 5.56 Å². The third-order valence-electron chi connectivity index (χ3n) is 2.81. The Labute approximate surface area is 106 Å². The van der Waals surface area contributed by atoms with Crippen LogP contribution in [0.1, 0.15) is 36.3 Å². The number of aryl methyl sites for hydroxylation is 1. The molecule has 0 radical (unpaired) electrons. The molecule has 0 saturated carbocycles. The third-order valence-corrected chi connectivity index (χ3v) is 2.81. The van der Waals surface area contributed by atoms with Crippen molar-refractivity contribution in [1.29, 1.82) is 0 Å². The van der Waals surface area contributed by atoms with Crippen LogP contribution in [0.5, 0.6) is 0 Å². The average molecular weight is 251 g/mol. The van der Waals surface area contributed by atoms with Gasteiger partial charge in [-0.1, -0.05) is 0 Å². The van der Waals surface area contributed by atoms with Crippen LogP contribution in [0.2, 0.25) is 0 Å². The molecule has 1 N–H and O–H groups in total. The highest BCUT2D eigenvalue weighted by atomic mass is 16.4. The van der Waals surface area contributed by atoms with Crippen LogP contribution >= 0.6 is 0 Å². The first-order chi connectivity index (χ1) is 8.24. The van der Waals surface area contributed by atoms with Crippen molar-refractivity contribution in [3.05, 3.63) is 23.5 Å². The van der Waals surface area contributed by atoms with Crippen molar-refractivity contribution < 1.29 is 14.7 Å². The molecule has 0 fully saturated rings. The van der Waals surface area contributed by atoms with E-state index in [1.54, 1.807) is 33.2 Å². The highest BCUT2D eigenvalue weighted by Gasteiger charge is 2.31. The number of amides is 1. The SMILES string of the molecule is Cc1cnnc(C(=O)N(C)C(C)(C)CC(=O)O)c1. The van der Waals surface area contributed by atoms with Crippen LogP contribution < -0.4 is 0 Å². The van der Waals surface area contributed by atoms with Crippen LogP contribution in [0.4, 0.5) is 0 Å². The van der Waals surface area contributed by atoms with E-state index >= 15 is 0 Å². The number of carboxylic acid groups (broad SMARTS) is 1. The Bertz CT molecular complexity index is 471. The number of carbonyl (C=O) groups excluding carboxylic acids is 1. The maximum absolute atomic E-state index is 12.2. The van der Waals surface area contributed by atoms with Crippen LogP contribution in [-0.4, -0.2) is 44.7 Å². The highest BCUT2D eigenvalue weighted by molar-refractivity contribution is 5.92. The molecule has 1 aromatic rings. The van der Waals surface area contributed by atoms with Gasteiger partial charge in [0.25, 0.3) is 5.91 Å². The zero-order chi connectivity index (χ0) is 13.9. The van der Waals surface area contributed by atoms with Gasteiger partial charge >= 0.3 is 5.97 Å². The van der Waals surface area contributed by atoms with Crippen LogP contribution in [0.25, 0.3) is 0 Å². The van der Waals surface area contributed by atoms with Crippen molar-refractivity contribution in [2.24, 2.45) is 0 Å². The molecule has 0 aliphatic rings. The summed E-state index contributed by atoms with van der Waals surface area (Å²) >= 11 is 0. The Balaban J connectivity index is 2.93. The van der Waals surface area contributed by atoms with E-state index in [-0.39, 0.29) is 18.0 Å². The van der Waals surface area contributed by atoms with Gasteiger partial charge in [-0.15, -0.1) is 5.10 Å². The maximum Gasteiger partial charge on any atom is 0.305 e. The molecule has 18 heavy (non-hydrogen) atoms. The Morgan fingerprint density at radius 1 is 1.44 bits per heavy atom. The summed E-state index contributed by atoms with van der Waals surface area (Å²) in [5.74, 6) is -1.28. The number of aromatic nitrogens is 2. The van der Waals surface area contributed by atoms with Gasteiger partial charge in [-0.25, -0.2) is 0 Å². The molecule has 1 aromatic heterocycles. The van der Waals surface area contributed by atoms with Crippen LogP contribution in [0.15, 0.2) is 12.3 Å². The minimum atomic E-state index is -0.949. The van der Waals surface area contributed by atoms with Gasteiger partial charge in [0.15, 0.2) is 5.69 Å². The first kappa shape index (κ1) is 14.1. The molecule has 98 valence electrons. The fourth-order valence-electron chi connectivity index (χ4n) is 1.50. The number of aliphatic carboxylic acids is 1. The molecule has 0 spiro atoms. The molecule has 0 saturated heterocycles. The van der Waals surface area contributed by atoms with Gasteiger partial charge in [0, 0.05) is 12.6 Å². The lowest BCUT2D eigenvalue weighted by Crippen LogP contribution is -2.46. The lowest BCUT2D eigenvalue weighted by Gasteiger charge is -2.34. The molecule has 0 aromatic carbocycles. The third kappa shape index (κ3) is 3.26. The normalized spacial score (nSPS) is 11.1. The van der Waals surface area contributed by atoms with Crippen LogP contribution in [0.3, 0.4) is 0 Å². The number of hydrogen-bond donors (Lipinski definition) is 1. The zero-order valence-corrected chi connectivity index (χ0v) is 11.0. The largest absolute Gasteiger partial charge is 0.481 e. The summed E-state index contributed by atoms with van der Waals surface area (Å²) in [4.78, 5) is 24.3. The second-order valence-electron chi connectivity index (χ2n) is 4.87. The minimum Gasteiger partial charge on any atom is -0.481 e. The van der Waals surface area contributed by atoms with Crippen molar-refractivity contribution in [3.8, 4) is 0 Å². The standard InChI is InChI=1S/C12H17N3O3/c1-8-5-9(14-13-7-8)11(18)15(4)12(2,3)6-10(16)17/h5,7H,6H2,1-4H3,(H,16,17). The number of carboxylic acids is 1. The maximum atomic E-state index is 12.2. The summed E-state index contributed by atoms with van der Waals surface area (Å²) in [6.07, 6.45) is 1.42. The monoisotopic (exact) mass is 251 g/mol. The second-order valence-corrected chi connectivity index (χ2v) is 4.87. The fourth-order valence-corrected chi connectivity index (χ4v) is 1.50. The molecule has 1 heterocycles. The molecule has 1 rings (SSSR count). The molecule has 0 aliphatic carbocycles. The topological polar surface area (TPSA) is 83.4 Å². The average Bonchev–Trinajstić information content (AvgIpc) is 2.25. The van der Waals surface area contributed by atoms with E-state index in [9.17, 15) is 9.59 Å². The summed E-state index contributed by atoms with van der Waals surface area (Å²) in [6, 6.07) is 1.63. The van der Waals surface area contributed by atoms with Gasteiger partial charge in [0.2, 0.25) is 0 Å². The molecular weight excluding hydrogens is 234 g/mol. The zero-order valence-electron chi connectivity index (χ0n) is 11.0. The Morgan fingerprint density at radius 2 is 2.06 bits per heavy atom. The predicted octanol–water partition coefficient (Wildman–Crippen LogP) is 1.11. The molecule has 1 amide bonds. The molecular formula is C12H17N3O3. The van der Waals surface area contributed by atoms with Gasteiger partial charge in [0.05, 0.1) is 12.6 Å². The van der Waals surface area contributed by atoms with E-state index in [0.29, 0.717) is 0 Å². The van der Waals surface area contributed by atoms with Crippen molar-refractivity contribution in [1.82, 2.24) is 15.1 Å². The lowest BCUT2D eigenvalue weighted by atomic mass is 9.98. The summed E-state index contributed by atoms with van der Waals surface area (Å²) in [5.41, 5.74) is 0.266. The van der Waals surface area contributed by atoms with E-state index < -0.39 is 11.5 Å². The lowest BCUT2D eigenvalue weighted by molar-refractivity contribution is -0.139. The molecule has 0 unspecified atom stereocenters. The van der Waals surface area contributed by atoms with Gasteiger partial charge in [-0.3, -0.25) is 9.59 Å². The van der Waals surface area contributed by atoms with Gasteiger partial charge in [-0.05, 0) is 32.4 Å². The van der Waals surface area contributed by atoms with Crippen LogP contribution in [0, 0.1) is 6.92 Å². The number of hydrogen-bond acceptors (Lipinski definition) is 4. The summed E-state index contributed by atoms with van der Waals surface area (Å²) in [5, 5.41) is 16.3. The molecule has 0 bridgehead atoms. The molecule has 0 aliphatic heterocycles. The van der Waals surface area contributed by atoms with Crippen molar-refractivity contribution in [3.63, 3.8) is 0 Å². The van der Waals surface area contributed by atoms with Gasteiger partial charge in [0.1, 0.15) is 0 Å². The second kappa shape index (κ2) is 5.12. The highest BCUT2D eigenvalue weighted by Crippen LogP contribution is 2.19. The van der Waals surface area contributed by atoms with Crippen molar-refractivity contribution in [2.75, 3.05) is 7.05 Å². The van der Waals surface area contributed by atoms with E-state index in [4.69, 9.17) is 5.11 Å².